The lowest BCUT2D eigenvalue weighted by Gasteiger charge is -2.08. The van der Waals surface area contributed by atoms with Gasteiger partial charge in [-0.1, -0.05) is 17.8 Å². The van der Waals surface area contributed by atoms with Crippen LogP contribution >= 0.6 is 27.7 Å². The molecule has 4 rings (SSSR count). The summed E-state index contributed by atoms with van der Waals surface area (Å²) in [4.78, 5) is 24.5. The van der Waals surface area contributed by atoms with E-state index in [1.165, 1.54) is 16.6 Å². The van der Waals surface area contributed by atoms with Gasteiger partial charge in [0.1, 0.15) is 11.3 Å². The number of halogens is 2. The lowest BCUT2D eigenvalue weighted by Crippen LogP contribution is -2.17. The van der Waals surface area contributed by atoms with Crippen molar-refractivity contribution in [1.29, 1.82) is 0 Å². The van der Waals surface area contributed by atoms with E-state index in [0.717, 1.165) is 21.8 Å². The van der Waals surface area contributed by atoms with E-state index in [-0.39, 0.29) is 23.0 Å². The molecule has 2 N–H and O–H groups in total. The third-order valence-electron chi connectivity index (χ3n) is 4.25. The molecule has 0 saturated carbocycles. The summed E-state index contributed by atoms with van der Waals surface area (Å²) < 4.78 is 15.4. The molecule has 2 aromatic heterocycles. The molecule has 4 aromatic rings. The van der Waals surface area contributed by atoms with E-state index in [0.29, 0.717) is 22.1 Å². The third-order valence-corrected chi connectivity index (χ3v) is 5.83. The summed E-state index contributed by atoms with van der Waals surface area (Å²) in [6, 6.07) is 13.0. The summed E-state index contributed by atoms with van der Waals surface area (Å²) in [7, 11) is 0. The first-order chi connectivity index (χ1) is 14.4. The highest BCUT2D eigenvalue weighted by atomic mass is 79.9. The van der Waals surface area contributed by atoms with Crippen LogP contribution in [0, 0.1) is 12.7 Å². The Balaban J connectivity index is 1.55. The Morgan fingerprint density at radius 1 is 1.23 bits per heavy atom. The van der Waals surface area contributed by atoms with Gasteiger partial charge >= 0.3 is 0 Å². The van der Waals surface area contributed by atoms with Crippen LogP contribution in [0.2, 0.25) is 0 Å². The molecule has 0 aliphatic heterocycles. The first-order valence-corrected chi connectivity index (χ1v) is 10.6. The van der Waals surface area contributed by atoms with Crippen molar-refractivity contribution >= 4 is 44.8 Å². The first kappa shape index (κ1) is 20.3. The van der Waals surface area contributed by atoms with Crippen LogP contribution in [0.5, 0.6) is 0 Å². The topological polar surface area (TPSA) is 92.1 Å². The second-order valence-corrected chi connectivity index (χ2v) is 8.29. The number of hydrogen-bond acceptors (Lipinski definition) is 5. The molecule has 10 heteroatoms. The Hall–Kier alpha value is -2.98. The van der Waals surface area contributed by atoms with Crippen molar-refractivity contribution in [2.24, 2.45) is 0 Å². The molecule has 0 spiro atoms. The van der Waals surface area contributed by atoms with Crippen LogP contribution in [0.25, 0.3) is 16.8 Å². The number of aromatic nitrogens is 4. The number of aryl methyl sites for hydroxylation is 1. The number of nitrogens with one attached hydrogen (secondary N) is 2. The molecule has 0 atom stereocenters. The number of nitrogens with zero attached hydrogens (tertiary/aromatic N) is 3. The molecule has 0 aliphatic carbocycles. The molecular formula is C20H15BrFN5O2S. The van der Waals surface area contributed by atoms with Crippen LogP contribution < -0.4 is 10.9 Å². The number of aromatic amines is 1. The average Bonchev–Trinajstić information content (AvgIpc) is 3.17. The lowest BCUT2D eigenvalue weighted by molar-refractivity contribution is -0.113. The van der Waals surface area contributed by atoms with Crippen molar-refractivity contribution < 1.29 is 9.18 Å². The Morgan fingerprint density at radius 3 is 2.73 bits per heavy atom. The maximum atomic E-state index is 13.2. The fraction of sp³-hybridized carbons (Fsp3) is 0.100. The van der Waals surface area contributed by atoms with Crippen molar-refractivity contribution in [3.05, 3.63) is 74.7 Å². The van der Waals surface area contributed by atoms with Gasteiger partial charge in [0, 0.05) is 10.0 Å². The van der Waals surface area contributed by atoms with Crippen LogP contribution in [0.3, 0.4) is 0 Å². The van der Waals surface area contributed by atoms with Crippen LogP contribution in [0.15, 0.2) is 63.0 Å². The highest BCUT2D eigenvalue weighted by molar-refractivity contribution is 9.10. The highest BCUT2D eigenvalue weighted by Crippen LogP contribution is 2.25. The Labute approximate surface area is 182 Å². The minimum Gasteiger partial charge on any atom is -0.324 e. The maximum Gasteiger partial charge on any atom is 0.290 e. The highest BCUT2D eigenvalue weighted by Gasteiger charge is 2.14. The predicted molar refractivity (Wildman–Crippen MR) is 117 cm³/mol. The monoisotopic (exact) mass is 487 g/mol. The molecule has 0 aliphatic rings. The standard InChI is InChI=1S/C20H15BrFN5O2S/c1-11-2-7-15(14(21)8-11)23-18(28)10-30-20-25-24-19(29)17-9-16(26-27(17)20)12-3-5-13(22)6-4-12/h2-9H,10H2,1H3,(H,23,28)(H,24,29). The maximum absolute atomic E-state index is 13.2. The van der Waals surface area contributed by atoms with Gasteiger partial charge in [-0.25, -0.2) is 14.0 Å². The molecule has 1 amide bonds. The zero-order valence-electron chi connectivity index (χ0n) is 15.6. The third kappa shape index (κ3) is 4.29. The SMILES string of the molecule is Cc1ccc(NC(=O)CSc2n[nH]c(=O)c3cc(-c4ccc(F)cc4)nn23)c(Br)c1. The fourth-order valence-corrected chi connectivity index (χ4v) is 4.08. The zero-order chi connectivity index (χ0) is 21.3. The number of anilines is 1. The van der Waals surface area contributed by atoms with Crippen LogP contribution in [-0.2, 0) is 4.79 Å². The van der Waals surface area contributed by atoms with Crippen LogP contribution in [-0.4, -0.2) is 31.5 Å². The molecule has 0 saturated heterocycles. The number of H-pyrrole nitrogens is 1. The summed E-state index contributed by atoms with van der Waals surface area (Å²) in [5, 5.41) is 14.0. The van der Waals surface area contributed by atoms with Crippen molar-refractivity contribution in [2.75, 3.05) is 11.1 Å². The Morgan fingerprint density at radius 2 is 2.00 bits per heavy atom. The minimum absolute atomic E-state index is 0.0696. The molecule has 0 unspecified atom stereocenters. The number of hydrogen-bond donors (Lipinski definition) is 2. The number of thioether (sulfide) groups is 1. The molecule has 2 aromatic carbocycles. The van der Waals surface area contributed by atoms with E-state index in [4.69, 9.17) is 0 Å². The van der Waals surface area contributed by atoms with Crippen LogP contribution in [0.4, 0.5) is 10.1 Å². The van der Waals surface area contributed by atoms with Gasteiger partial charge in [-0.2, -0.15) is 5.10 Å². The van der Waals surface area contributed by atoms with Gasteiger partial charge in [0.2, 0.25) is 11.1 Å². The zero-order valence-corrected chi connectivity index (χ0v) is 18.1. The molecule has 152 valence electrons. The molecule has 0 fully saturated rings. The predicted octanol–water partition coefficient (Wildman–Crippen LogP) is 4.03. The largest absolute Gasteiger partial charge is 0.324 e. The summed E-state index contributed by atoms with van der Waals surface area (Å²) >= 11 is 4.57. The van der Waals surface area contributed by atoms with Gasteiger partial charge < -0.3 is 5.32 Å². The van der Waals surface area contributed by atoms with Crippen molar-refractivity contribution in [1.82, 2.24) is 19.8 Å². The lowest BCUT2D eigenvalue weighted by atomic mass is 10.1. The summed E-state index contributed by atoms with van der Waals surface area (Å²) in [5.41, 5.74) is 2.79. The van der Waals surface area contributed by atoms with Gasteiger partial charge in [0.25, 0.3) is 5.56 Å². The number of carbonyl (C=O) groups excluding carboxylic acids is 1. The van der Waals surface area contributed by atoms with E-state index in [2.05, 4.69) is 36.5 Å². The summed E-state index contributed by atoms with van der Waals surface area (Å²) in [6.45, 7) is 1.96. The van der Waals surface area contributed by atoms with E-state index < -0.39 is 5.56 Å². The van der Waals surface area contributed by atoms with Gasteiger partial charge in [-0.3, -0.25) is 9.59 Å². The Bertz CT molecular complexity index is 1300. The Kier molecular flexibility index (Phi) is 5.69. The van der Waals surface area contributed by atoms with Gasteiger partial charge in [0.05, 0.1) is 17.1 Å². The van der Waals surface area contributed by atoms with Gasteiger partial charge in [-0.05, 0) is 70.9 Å². The van der Waals surface area contributed by atoms with E-state index in [9.17, 15) is 14.0 Å². The number of amides is 1. The van der Waals surface area contributed by atoms with Gasteiger partial charge in [0.15, 0.2) is 0 Å². The minimum atomic E-state index is -0.409. The van der Waals surface area contributed by atoms with Crippen molar-refractivity contribution in [3.8, 4) is 11.3 Å². The molecular weight excluding hydrogens is 473 g/mol. The van der Waals surface area contributed by atoms with E-state index in [1.54, 1.807) is 18.2 Å². The fourth-order valence-electron chi connectivity index (χ4n) is 2.78. The molecule has 30 heavy (non-hydrogen) atoms. The number of rotatable bonds is 5. The van der Waals surface area contributed by atoms with Gasteiger partial charge in [-0.15, -0.1) is 5.10 Å². The van der Waals surface area contributed by atoms with E-state index in [1.807, 2.05) is 25.1 Å². The van der Waals surface area contributed by atoms with Crippen molar-refractivity contribution in [3.63, 3.8) is 0 Å². The average molecular weight is 488 g/mol. The second-order valence-electron chi connectivity index (χ2n) is 6.49. The quantitative estimate of drug-likeness (QED) is 0.414. The van der Waals surface area contributed by atoms with Crippen molar-refractivity contribution in [2.45, 2.75) is 12.1 Å². The normalized spacial score (nSPS) is 11.0. The van der Waals surface area contributed by atoms with Crippen LogP contribution in [0.1, 0.15) is 5.56 Å². The molecule has 0 bridgehead atoms. The first-order valence-electron chi connectivity index (χ1n) is 8.84. The van der Waals surface area contributed by atoms with E-state index >= 15 is 0 Å². The number of benzene rings is 2. The molecule has 0 radical (unpaired) electrons. The summed E-state index contributed by atoms with van der Waals surface area (Å²) in [6.07, 6.45) is 0. The molecule has 7 nitrogen and oxygen atoms in total. The number of carbonyl (C=O) groups is 1. The number of fused-ring (bicyclic) bond motifs is 1. The smallest absolute Gasteiger partial charge is 0.290 e. The molecule has 2 heterocycles. The second kappa shape index (κ2) is 8.41. The summed E-state index contributed by atoms with van der Waals surface area (Å²) in [5.74, 6) is -0.513.